The molecule has 0 aromatic carbocycles. The average molecular weight is 305 g/mol. The topological polar surface area (TPSA) is 105 Å². The highest BCUT2D eigenvalue weighted by molar-refractivity contribution is 7.87. The predicted octanol–water partition coefficient (Wildman–Crippen LogP) is 0.554. The number of isocyanates is 1. The summed E-state index contributed by atoms with van der Waals surface area (Å²) in [6.07, 6.45) is 0.904. The summed E-state index contributed by atoms with van der Waals surface area (Å²) >= 11 is 0. The van der Waals surface area contributed by atoms with Gasteiger partial charge in [-0.05, 0) is 33.6 Å². The minimum atomic E-state index is -3.95. The molecule has 8 nitrogen and oxygen atoms in total. The van der Waals surface area contributed by atoms with E-state index >= 15 is 0 Å². The molecule has 2 unspecified atom stereocenters. The summed E-state index contributed by atoms with van der Waals surface area (Å²) in [5.74, 6) is 0. The minimum Gasteiger partial charge on any atom is -0.446 e. The molecule has 1 rings (SSSR count). The van der Waals surface area contributed by atoms with Crippen LogP contribution in [0.2, 0.25) is 0 Å². The molecule has 1 amide bonds. The largest absolute Gasteiger partial charge is 0.446 e. The Morgan fingerprint density at radius 2 is 2.15 bits per heavy atom. The zero-order chi connectivity index (χ0) is 15.3. The second-order valence-electron chi connectivity index (χ2n) is 4.92. The van der Waals surface area contributed by atoms with Gasteiger partial charge in [-0.2, -0.15) is 12.7 Å². The molecule has 1 aliphatic rings. The monoisotopic (exact) mass is 305 g/mol. The van der Waals surface area contributed by atoms with E-state index in [0.717, 1.165) is 0 Å². The average Bonchev–Trinajstić information content (AvgIpc) is 2.26. The molecule has 1 N–H and O–H groups in total. The lowest BCUT2D eigenvalue weighted by Crippen LogP contribution is -2.51. The van der Waals surface area contributed by atoms with E-state index in [1.807, 2.05) is 4.72 Å². The Bertz CT molecular complexity index is 498. The van der Waals surface area contributed by atoms with E-state index in [1.165, 1.54) is 10.4 Å². The third-order valence-electron chi connectivity index (χ3n) is 2.89. The highest BCUT2D eigenvalue weighted by Gasteiger charge is 2.34. The van der Waals surface area contributed by atoms with Gasteiger partial charge < -0.3 is 4.74 Å². The molecule has 0 aromatic rings. The lowest BCUT2D eigenvalue weighted by molar-refractivity contribution is 0.120. The first-order valence-corrected chi connectivity index (χ1v) is 7.77. The van der Waals surface area contributed by atoms with Gasteiger partial charge in [0.15, 0.2) is 0 Å². The number of amides is 1. The van der Waals surface area contributed by atoms with Crippen LogP contribution >= 0.6 is 0 Å². The van der Waals surface area contributed by atoms with Crippen molar-refractivity contribution in [3.05, 3.63) is 0 Å². The predicted molar refractivity (Wildman–Crippen MR) is 71.0 cm³/mol. The second kappa shape index (κ2) is 6.83. The molecule has 0 radical (unpaired) electrons. The van der Waals surface area contributed by atoms with Crippen molar-refractivity contribution in [2.75, 3.05) is 6.54 Å². The number of aliphatic imine (C=N–C) groups is 1. The van der Waals surface area contributed by atoms with Crippen LogP contribution in [0.3, 0.4) is 0 Å². The van der Waals surface area contributed by atoms with E-state index in [2.05, 4.69) is 4.99 Å². The first-order valence-electron chi connectivity index (χ1n) is 6.33. The van der Waals surface area contributed by atoms with Gasteiger partial charge in [0.2, 0.25) is 6.08 Å². The van der Waals surface area contributed by atoms with Gasteiger partial charge in [0, 0.05) is 12.6 Å². The summed E-state index contributed by atoms with van der Waals surface area (Å²) in [6, 6.07) is -0.591. The number of nitrogens with zero attached hydrogens (tertiary/aromatic N) is 2. The maximum Gasteiger partial charge on any atom is 0.422 e. The van der Waals surface area contributed by atoms with Gasteiger partial charge in [0.25, 0.3) is 0 Å². The molecule has 0 bridgehead atoms. The summed E-state index contributed by atoms with van der Waals surface area (Å²) in [6.45, 7) is 5.12. The van der Waals surface area contributed by atoms with Crippen LogP contribution < -0.4 is 4.72 Å². The zero-order valence-electron chi connectivity index (χ0n) is 11.7. The molecule has 114 valence electrons. The molecular formula is C11H19N3O5S. The van der Waals surface area contributed by atoms with Gasteiger partial charge in [0.1, 0.15) is 0 Å². The summed E-state index contributed by atoms with van der Waals surface area (Å²) < 4.78 is 31.9. The Kier molecular flexibility index (Phi) is 5.67. The van der Waals surface area contributed by atoms with Crippen LogP contribution in [0.5, 0.6) is 0 Å². The minimum absolute atomic E-state index is 0.182. The third kappa shape index (κ3) is 4.59. The van der Waals surface area contributed by atoms with Gasteiger partial charge in [-0.1, -0.05) is 0 Å². The van der Waals surface area contributed by atoms with Crippen molar-refractivity contribution in [2.45, 2.75) is 51.8 Å². The SMILES string of the molecule is CC(C)OC(=O)NS(=O)(=O)N1CCC(N=C=O)CC1C. The van der Waals surface area contributed by atoms with E-state index in [0.29, 0.717) is 12.8 Å². The molecule has 1 heterocycles. The van der Waals surface area contributed by atoms with Crippen LogP contribution in [0.25, 0.3) is 0 Å². The Morgan fingerprint density at radius 1 is 1.50 bits per heavy atom. The Hall–Kier alpha value is -1.44. The van der Waals surface area contributed by atoms with Crippen molar-refractivity contribution in [2.24, 2.45) is 4.99 Å². The number of hydrogen-bond acceptors (Lipinski definition) is 6. The highest BCUT2D eigenvalue weighted by Crippen LogP contribution is 2.21. The van der Waals surface area contributed by atoms with Crippen LogP contribution in [0.15, 0.2) is 4.99 Å². The number of hydrogen-bond donors (Lipinski definition) is 1. The number of nitrogens with one attached hydrogen (secondary N) is 1. The maximum absolute atomic E-state index is 12.1. The second-order valence-corrected chi connectivity index (χ2v) is 6.54. The van der Waals surface area contributed by atoms with Crippen LogP contribution in [0, 0.1) is 0 Å². The normalized spacial score (nSPS) is 24.0. The van der Waals surface area contributed by atoms with Gasteiger partial charge in [-0.3, -0.25) is 0 Å². The van der Waals surface area contributed by atoms with Gasteiger partial charge in [-0.15, -0.1) is 0 Å². The summed E-state index contributed by atoms with van der Waals surface area (Å²) in [4.78, 5) is 25.2. The summed E-state index contributed by atoms with van der Waals surface area (Å²) in [7, 11) is -3.95. The van der Waals surface area contributed by atoms with E-state index in [9.17, 15) is 18.0 Å². The molecule has 0 spiro atoms. The fourth-order valence-corrected chi connectivity index (χ4v) is 3.36. The standard InChI is InChI=1S/C11H19N3O5S/c1-8(2)19-11(16)13-20(17,18)14-5-4-10(12-7-15)6-9(14)3/h8-10H,4-6H2,1-3H3,(H,13,16). The number of carbonyl (C=O) groups excluding carboxylic acids is 2. The molecule has 20 heavy (non-hydrogen) atoms. The van der Waals surface area contributed by atoms with Crippen LogP contribution in [0.1, 0.15) is 33.6 Å². The molecule has 1 fully saturated rings. The van der Waals surface area contributed by atoms with Gasteiger partial charge >= 0.3 is 16.3 Å². The quantitative estimate of drug-likeness (QED) is 0.603. The highest BCUT2D eigenvalue weighted by atomic mass is 32.2. The smallest absolute Gasteiger partial charge is 0.422 e. The number of ether oxygens (including phenoxy) is 1. The van der Waals surface area contributed by atoms with Crippen molar-refractivity contribution in [1.29, 1.82) is 0 Å². The molecule has 0 aliphatic carbocycles. The zero-order valence-corrected chi connectivity index (χ0v) is 12.5. The van der Waals surface area contributed by atoms with E-state index in [-0.39, 0.29) is 18.6 Å². The van der Waals surface area contributed by atoms with Gasteiger partial charge in [-0.25, -0.2) is 19.3 Å². The molecule has 1 aliphatic heterocycles. The van der Waals surface area contributed by atoms with Gasteiger partial charge in [0.05, 0.1) is 12.1 Å². The number of rotatable bonds is 4. The van der Waals surface area contributed by atoms with Crippen molar-refractivity contribution in [1.82, 2.24) is 9.03 Å². The first kappa shape index (κ1) is 16.6. The molecular weight excluding hydrogens is 286 g/mol. The van der Waals surface area contributed by atoms with Crippen LogP contribution in [-0.4, -0.2) is 49.6 Å². The van der Waals surface area contributed by atoms with Crippen LogP contribution in [-0.2, 0) is 19.7 Å². The number of carbonyl (C=O) groups is 1. The maximum atomic E-state index is 12.1. The fraction of sp³-hybridized carbons (Fsp3) is 0.818. The molecule has 9 heteroatoms. The Morgan fingerprint density at radius 3 is 2.65 bits per heavy atom. The third-order valence-corrected chi connectivity index (χ3v) is 4.47. The van der Waals surface area contributed by atoms with Crippen LogP contribution in [0.4, 0.5) is 4.79 Å². The van der Waals surface area contributed by atoms with E-state index in [1.54, 1.807) is 20.8 Å². The Labute approximate surface area is 118 Å². The first-order chi connectivity index (χ1) is 9.26. The van der Waals surface area contributed by atoms with Crippen molar-refractivity contribution < 1.29 is 22.7 Å². The summed E-state index contributed by atoms with van der Waals surface area (Å²) in [5, 5.41) is 0. The lowest BCUT2D eigenvalue weighted by Gasteiger charge is -2.34. The lowest BCUT2D eigenvalue weighted by atomic mass is 10.0. The molecule has 0 saturated carbocycles. The molecule has 2 atom stereocenters. The molecule has 1 saturated heterocycles. The molecule has 0 aromatic heterocycles. The van der Waals surface area contributed by atoms with Crippen molar-refractivity contribution in [3.8, 4) is 0 Å². The van der Waals surface area contributed by atoms with E-state index < -0.39 is 22.4 Å². The fourth-order valence-electron chi connectivity index (χ4n) is 2.08. The van der Waals surface area contributed by atoms with Crippen molar-refractivity contribution >= 4 is 22.4 Å². The summed E-state index contributed by atoms with van der Waals surface area (Å²) in [5.41, 5.74) is 0. The Balaban J connectivity index is 2.69. The van der Waals surface area contributed by atoms with Crippen molar-refractivity contribution in [3.63, 3.8) is 0 Å². The van der Waals surface area contributed by atoms with E-state index in [4.69, 9.17) is 4.74 Å². The number of piperidine rings is 1.